The molecular formula is C14H28N4O2S. The molecule has 0 aliphatic carbocycles. The van der Waals surface area contributed by atoms with Crippen LogP contribution in [0, 0.1) is 12.8 Å². The van der Waals surface area contributed by atoms with E-state index in [1.165, 1.54) is 4.31 Å². The summed E-state index contributed by atoms with van der Waals surface area (Å²) >= 11 is 0. The summed E-state index contributed by atoms with van der Waals surface area (Å²) in [4.78, 5) is 0. The van der Waals surface area contributed by atoms with Gasteiger partial charge in [0.15, 0.2) is 5.03 Å². The number of aryl methyl sites for hydroxylation is 1. The lowest BCUT2D eigenvalue weighted by Crippen LogP contribution is -2.32. The van der Waals surface area contributed by atoms with Crippen LogP contribution in [0.15, 0.2) is 5.03 Å². The molecule has 1 rings (SSSR count). The third-order valence-electron chi connectivity index (χ3n) is 3.68. The molecule has 0 aliphatic rings. The van der Waals surface area contributed by atoms with Crippen LogP contribution in [-0.2, 0) is 16.6 Å². The second-order valence-electron chi connectivity index (χ2n) is 5.61. The van der Waals surface area contributed by atoms with Crippen molar-refractivity contribution in [2.75, 3.05) is 20.1 Å². The smallest absolute Gasteiger partial charge is 0.262 e. The average molecular weight is 316 g/mol. The van der Waals surface area contributed by atoms with E-state index >= 15 is 0 Å². The van der Waals surface area contributed by atoms with Crippen LogP contribution in [0.3, 0.4) is 0 Å². The van der Waals surface area contributed by atoms with Gasteiger partial charge in [-0.1, -0.05) is 27.2 Å². The summed E-state index contributed by atoms with van der Waals surface area (Å²) in [5.74, 6) is 0.325. The molecule has 0 spiro atoms. The van der Waals surface area contributed by atoms with Gasteiger partial charge in [0.1, 0.15) is 0 Å². The Morgan fingerprint density at radius 3 is 2.62 bits per heavy atom. The Morgan fingerprint density at radius 1 is 1.38 bits per heavy atom. The Labute approximate surface area is 128 Å². The maximum absolute atomic E-state index is 12.7. The summed E-state index contributed by atoms with van der Waals surface area (Å²) in [6.07, 6.45) is 1.96. The normalized spacial score (nSPS) is 13.8. The predicted octanol–water partition coefficient (Wildman–Crippen LogP) is 1.88. The van der Waals surface area contributed by atoms with Crippen LogP contribution in [-0.4, -0.2) is 43.1 Å². The molecule has 1 aromatic heterocycles. The Balaban J connectivity index is 2.97. The van der Waals surface area contributed by atoms with Gasteiger partial charge in [-0.15, -0.1) is 0 Å². The lowest BCUT2D eigenvalue weighted by molar-refractivity contribution is 0.392. The number of rotatable bonds is 9. The van der Waals surface area contributed by atoms with Gasteiger partial charge in [0.2, 0.25) is 0 Å². The van der Waals surface area contributed by atoms with Gasteiger partial charge in [0.25, 0.3) is 10.0 Å². The first-order valence-electron chi connectivity index (χ1n) is 7.55. The first-order chi connectivity index (χ1) is 9.84. The average Bonchev–Trinajstić information content (AvgIpc) is 2.81. The molecule has 1 aromatic rings. The Morgan fingerprint density at radius 2 is 2.05 bits per heavy atom. The number of nitrogens with one attached hydrogen (secondary N) is 2. The SMILES string of the molecule is CCCNCc1c(S(=O)(=O)N(C)CC(C)CC)n[nH]c1C. The lowest BCUT2D eigenvalue weighted by Gasteiger charge is -2.20. The zero-order valence-corrected chi connectivity index (χ0v) is 14.5. The first-order valence-corrected chi connectivity index (χ1v) is 8.99. The van der Waals surface area contributed by atoms with Gasteiger partial charge in [0, 0.05) is 31.4 Å². The van der Waals surface area contributed by atoms with Crippen molar-refractivity contribution in [3.05, 3.63) is 11.3 Å². The Hall–Kier alpha value is -0.920. The summed E-state index contributed by atoms with van der Waals surface area (Å²) in [6.45, 7) is 9.91. The van der Waals surface area contributed by atoms with Crippen LogP contribution in [0.5, 0.6) is 0 Å². The molecule has 0 aliphatic heterocycles. The van der Waals surface area contributed by atoms with E-state index in [0.717, 1.165) is 30.6 Å². The van der Waals surface area contributed by atoms with Gasteiger partial charge in [-0.3, -0.25) is 5.10 Å². The Bertz CT molecular complexity index is 539. The number of sulfonamides is 1. The maximum atomic E-state index is 12.7. The molecule has 1 atom stereocenters. The van der Waals surface area contributed by atoms with Crippen molar-refractivity contribution in [3.63, 3.8) is 0 Å². The first kappa shape index (κ1) is 18.1. The quantitative estimate of drug-likeness (QED) is 0.682. The molecule has 2 N–H and O–H groups in total. The van der Waals surface area contributed by atoms with Crippen molar-refractivity contribution in [2.45, 2.75) is 52.1 Å². The molecule has 1 unspecified atom stereocenters. The number of hydrogen-bond acceptors (Lipinski definition) is 4. The summed E-state index contributed by atoms with van der Waals surface area (Å²) < 4.78 is 26.7. The highest BCUT2D eigenvalue weighted by atomic mass is 32.2. The van der Waals surface area contributed by atoms with Crippen LogP contribution in [0.2, 0.25) is 0 Å². The number of nitrogens with zero attached hydrogens (tertiary/aromatic N) is 2. The Kier molecular flexibility index (Phi) is 6.83. The minimum Gasteiger partial charge on any atom is -0.313 e. The lowest BCUT2D eigenvalue weighted by atomic mass is 10.1. The third kappa shape index (κ3) is 4.52. The molecule has 0 saturated carbocycles. The van der Waals surface area contributed by atoms with Crippen molar-refractivity contribution < 1.29 is 8.42 Å². The van der Waals surface area contributed by atoms with Crippen LogP contribution in [0.1, 0.15) is 44.9 Å². The highest BCUT2D eigenvalue weighted by Gasteiger charge is 2.28. The molecule has 6 nitrogen and oxygen atoms in total. The van der Waals surface area contributed by atoms with Gasteiger partial charge in [-0.05, 0) is 25.8 Å². The number of hydrogen-bond donors (Lipinski definition) is 2. The van der Waals surface area contributed by atoms with Crippen molar-refractivity contribution in [2.24, 2.45) is 5.92 Å². The molecule has 7 heteroatoms. The van der Waals surface area contributed by atoms with Gasteiger partial charge in [-0.25, -0.2) is 8.42 Å². The monoisotopic (exact) mass is 316 g/mol. The van der Waals surface area contributed by atoms with Gasteiger partial charge in [-0.2, -0.15) is 9.40 Å². The molecule has 21 heavy (non-hydrogen) atoms. The highest BCUT2D eigenvalue weighted by molar-refractivity contribution is 7.89. The molecular weight excluding hydrogens is 288 g/mol. The minimum atomic E-state index is -3.54. The fourth-order valence-corrected chi connectivity index (χ4v) is 3.50. The molecule has 0 bridgehead atoms. The van der Waals surface area contributed by atoms with Crippen molar-refractivity contribution in [1.29, 1.82) is 0 Å². The standard InChI is InChI=1S/C14H28N4O2S/c1-6-8-15-9-13-12(4)16-17-14(13)21(19,20)18(5)10-11(3)7-2/h11,15H,6-10H2,1-5H3,(H,16,17). The van der Waals surface area contributed by atoms with Gasteiger partial charge < -0.3 is 5.32 Å². The van der Waals surface area contributed by atoms with Crippen LogP contribution in [0.25, 0.3) is 0 Å². The van der Waals surface area contributed by atoms with Crippen molar-refractivity contribution in [1.82, 2.24) is 19.8 Å². The summed E-state index contributed by atoms with van der Waals surface area (Å²) in [6, 6.07) is 0. The van der Waals surface area contributed by atoms with E-state index in [1.54, 1.807) is 7.05 Å². The molecule has 0 amide bonds. The maximum Gasteiger partial charge on any atom is 0.262 e. The van der Waals surface area contributed by atoms with Crippen LogP contribution >= 0.6 is 0 Å². The molecule has 1 heterocycles. The fourth-order valence-electron chi connectivity index (χ4n) is 2.06. The molecule has 0 fully saturated rings. The van der Waals surface area contributed by atoms with Gasteiger partial charge in [0.05, 0.1) is 0 Å². The largest absolute Gasteiger partial charge is 0.313 e. The van der Waals surface area contributed by atoms with E-state index in [4.69, 9.17) is 0 Å². The van der Waals surface area contributed by atoms with E-state index in [-0.39, 0.29) is 5.03 Å². The number of H-pyrrole nitrogens is 1. The number of aromatic amines is 1. The molecule has 122 valence electrons. The van der Waals surface area contributed by atoms with E-state index in [2.05, 4.69) is 29.4 Å². The summed E-state index contributed by atoms with van der Waals surface area (Å²) in [7, 11) is -1.92. The van der Waals surface area contributed by atoms with Crippen LogP contribution in [0.4, 0.5) is 0 Å². The van der Waals surface area contributed by atoms with E-state index in [9.17, 15) is 8.42 Å². The van der Waals surface area contributed by atoms with Crippen LogP contribution < -0.4 is 5.32 Å². The highest BCUT2D eigenvalue weighted by Crippen LogP contribution is 2.20. The van der Waals surface area contributed by atoms with E-state index < -0.39 is 10.0 Å². The van der Waals surface area contributed by atoms with E-state index in [0.29, 0.717) is 19.0 Å². The molecule has 0 saturated heterocycles. The van der Waals surface area contributed by atoms with E-state index in [1.807, 2.05) is 13.8 Å². The zero-order valence-electron chi connectivity index (χ0n) is 13.7. The van der Waals surface area contributed by atoms with Crippen molar-refractivity contribution in [3.8, 4) is 0 Å². The van der Waals surface area contributed by atoms with Crippen molar-refractivity contribution >= 4 is 10.0 Å². The van der Waals surface area contributed by atoms with Gasteiger partial charge >= 0.3 is 0 Å². The minimum absolute atomic E-state index is 0.148. The number of aromatic nitrogens is 2. The topological polar surface area (TPSA) is 78.1 Å². The summed E-state index contributed by atoms with van der Waals surface area (Å²) in [5.41, 5.74) is 1.54. The zero-order chi connectivity index (χ0) is 16.0. The predicted molar refractivity (Wildman–Crippen MR) is 84.6 cm³/mol. The molecule has 0 aromatic carbocycles. The fraction of sp³-hybridized carbons (Fsp3) is 0.786. The summed E-state index contributed by atoms with van der Waals surface area (Å²) in [5, 5.41) is 10.2. The molecule has 0 radical (unpaired) electrons. The second kappa shape index (κ2) is 7.91. The second-order valence-corrected chi connectivity index (χ2v) is 7.57. The third-order valence-corrected chi connectivity index (χ3v) is 5.48.